The van der Waals surface area contributed by atoms with Crippen molar-refractivity contribution >= 4 is 40.3 Å². The number of carbonyl (C=O) groups excluding carboxylic acids is 1. The van der Waals surface area contributed by atoms with Gasteiger partial charge < -0.3 is 10.1 Å². The Hall–Kier alpha value is -3.80. The Morgan fingerprint density at radius 1 is 1.00 bits per heavy atom. The SMILES string of the molecule is COc1cc([N+](=O)[O-])ccc1NC(=O)c1cc([N+](=O)[O-])cc([N+](=O)[O-])c1Cl. The maximum atomic E-state index is 12.4. The van der Waals surface area contributed by atoms with E-state index in [1.165, 1.54) is 13.2 Å². The van der Waals surface area contributed by atoms with E-state index in [1.807, 2.05) is 0 Å². The number of non-ortho nitro benzene ring substituents is 2. The summed E-state index contributed by atoms with van der Waals surface area (Å²) in [6.45, 7) is 0. The van der Waals surface area contributed by atoms with Crippen molar-refractivity contribution in [1.82, 2.24) is 0 Å². The molecule has 0 bridgehead atoms. The number of nitrogens with zero attached hydrogens (tertiary/aromatic N) is 3. The molecular formula is C14H9ClN4O8. The van der Waals surface area contributed by atoms with Gasteiger partial charge in [0.1, 0.15) is 10.8 Å². The zero-order valence-electron chi connectivity index (χ0n) is 13.4. The van der Waals surface area contributed by atoms with E-state index in [9.17, 15) is 35.1 Å². The first kappa shape index (κ1) is 19.5. The third-order valence-corrected chi connectivity index (χ3v) is 3.73. The molecule has 0 heterocycles. The van der Waals surface area contributed by atoms with Crippen LogP contribution in [-0.4, -0.2) is 27.8 Å². The number of anilines is 1. The van der Waals surface area contributed by atoms with Gasteiger partial charge in [0, 0.05) is 12.1 Å². The first-order valence-electron chi connectivity index (χ1n) is 6.91. The molecule has 0 saturated heterocycles. The third kappa shape index (κ3) is 4.07. The average molecular weight is 397 g/mol. The maximum absolute atomic E-state index is 12.4. The summed E-state index contributed by atoms with van der Waals surface area (Å²) in [7, 11) is 1.21. The number of halogens is 1. The Labute approximate surface area is 154 Å². The smallest absolute Gasteiger partial charge is 0.295 e. The summed E-state index contributed by atoms with van der Waals surface area (Å²) >= 11 is 5.84. The van der Waals surface area contributed by atoms with Crippen molar-refractivity contribution in [3.8, 4) is 5.75 Å². The zero-order chi connectivity index (χ0) is 20.3. The van der Waals surface area contributed by atoms with Crippen molar-refractivity contribution in [2.45, 2.75) is 0 Å². The summed E-state index contributed by atoms with van der Waals surface area (Å²) in [4.78, 5) is 42.6. The van der Waals surface area contributed by atoms with Gasteiger partial charge in [-0.3, -0.25) is 35.1 Å². The number of ether oxygens (including phenoxy) is 1. The molecule has 0 unspecified atom stereocenters. The quantitative estimate of drug-likeness (QED) is 0.572. The second-order valence-corrected chi connectivity index (χ2v) is 5.31. The van der Waals surface area contributed by atoms with Crippen molar-refractivity contribution in [3.05, 3.63) is 71.3 Å². The molecule has 1 amide bonds. The molecule has 2 aromatic rings. The minimum absolute atomic E-state index is 0.00155. The predicted octanol–water partition coefficient (Wildman–Crippen LogP) is 3.33. The number of carbonyl (C=O) groups is 1. The van der Waals surface area contributed by atoms with Crippen molar-refractivity contribution in [1.29, 1.82) is 0 Å². The molecule has 0 aromatic heterocycles. The minimum Gasteiger partial charge on any atom is -0.494 e. The van der Waals surface area contributed by atoms with Crippen LogP contribution < -0.4 is 10.1 Å². The summed E-state index contributed by atoms with van der Waals surface area (Å²) in [5, 5.41) is 34.5. The van der Waals surface area contributed by atoms with Crippen LogP contribution >= 0.6 is 11.6 Å². The lowest BCUT2D eigenvalue weighted by Gasteiger charge is -2.11. The van der Waals surface area contributed by atoms with Crippen molar-refractivity contribution < 1.29 is 24.3 Å². The van der Waals surface area contributed by atoms with Gasteiger partial charge in [0.25, 0.3) is 23.0 Å². The molecule has 0 atom stereocenters. The average Bonchev–Trinajstić information content (AvgIpc) is 2.61. The van der Waals surface area contributed by atoms with Gasteiger partial charge in [0.2, 0.25) is 0 Å². The van der Waals surface area contributed by atoms with Crippen molar-refractivity contribution in [2.24, 2.45) is 0 Å². The molecule has 2 aromatic carbocycles. The Morgan fingerprint density at radius 2 is 1.63 bits per heavy atom. The van der Waals surface area contributed by atoms with Crippen LogP contribution in [0.15, 0.2) is 30.3 Å². The summed E-state index contributed by atoms with van der Waals surface area (Å²) in [6, 6.07) is 4.73. The van der Waals surface area contributed by atoms with Gasteiger partial charge in [0.15, 0.2) is 0 Å². The summed E-state index contributed by atoms with van der Waals surface area (Å²) in [5.41, 5.74) is -2.33. The molecule has 1 N–H and O–H groups in total. The lowest BCUT2D eigenvalue weighted by molar-refractivity contribution is -0.394. The second-order valence-electron chi connectivity index (χ2n) is 4.94. The molecule has 0 saturated carbocycles. The number of hydrogen-bond acceptors (Lipinski definition) is 8. The van der Waals surface area contributed by atoms with E-state index in [2.05, 4.69) is 5.32 Å². The molecule has 27 heavy (non-hydrogen) atoms. The highest BCUT2D eigenvalue weighted by Crippen LogP contribution is 2.34. The van der Waals surface area contributed by atoms with Crippen LogP contribution in [0.25, 0.3) is 0 Å². The van der Waals surface area contributed by atoms with Gasteiger partial charge in [-0.25, -0.2) is 0 Å². The molecule has 0 radical (unpaired) electrons. The van der Waals surface area contributed by atoms with Gasteiger partial charge in [-0.05, 0) is 6.07 Å². The van der Waals surface area contributed by atoms with Gasteiger partial charge in [0.05, 0.1) is 45.3 Å². The highest BCUT2D eigenvalue weighted by atomic mass is 35.5. The fourth-order valence-corrected chi connectivity index (χ4v) is 2.35. The number of hydrogen-bond donors (Lipinski definition) is 1. The zero-order valence-corrected chi connectivity index (χ0v) is 14.1. The van der Waals surface area contributed by atoms with Crippen LogP contribution in [0.3, 0.4) is 0 Å². The fourth-order valence-electron chi connectivity index (χ4n) is 2.08. The van der Waals surface area contributed by atoms with E-state index in [1.54, 1.807) is 0 Å². The predicted molar refractivity (Wildman–Crippen MR) is 92.4 cm³/mol. The Bertz CT molecular complexity index is 978. The normalized spacial score (nSPS) is 10.1. The van der Waals surface area contributed by atoms with E-state index in [0.29, 0.717) is 6.07 Å². The molecule has 2 rings (SSSR count). The largest absolute Gasteiger partial charge is 0.494 e. The molecule has 12 nitrogen and oxygen atoms in total. The standard InChI is InChI=1S/C14H9ClN4O8/c1-27-12-6-7(17(21)22)2-3-10(12)16-14(20)9-4-8(18(23)24)5-11(13(9)15)19(25)26/h2-6H,1H3,(H,16,20). The van der Waals surface area contributed by atoms with Gasteiger partial charge in [-0.15, -0.1) is 0 Å². The molecule has 0 aliphatic heterocycles. The van der Waals surface area contributed by atoms with Crippen LogP contribution in [-0.2, 0) is 0 Å². The molecule has 0 aliphatic carbocycles. The third-order valence-electron chi connectivity index (χ3n) is 3.33. The molecule has 0 aliphatic rings. The monoisotopic (exact) mass is 396 g/mol. The summed E-state index contributed by atoms with van der Waals surface area (Å²) < 4.78 is 4.96. The van der Waals surface area contributed by atoms with Crippen molar-refractivity contribution in [2.75, 3.05) is 12.4 Å². The van der Waals surface area contributed by atoms with Crippen LogP contribution in [0.1, 0.15) is 10.4 Å². The summed E-state index contributed by atoms with van der Waals surface area (Å²) in [5.74, 6) is -1.06. The van der Waals surface area contributed by atoms with Gasteiger partial charge in [-0.2, -0.15) is 0 Å². The topological polar surface area (TPSA) is 168 Å². The number of methoxy groups -OCH3 is 1. The number of nitrogens with one attached hydrogen (secondary N) is 1. The minimum atomic E-state index is -1.00. The van der Waals surface area contributed by atoms with Gasteiger partial charge >= 0.3 is 0 Å². The number of benzene rings is 2. The van der Waals surface area contributed by atoms with Crippen LogP contribution in [0.2, 0.25) is 5.02 Å². The summed E-state index contributed by atoms with van der Waals surface area (Å²) in [6.07, 6.45) is 0. The van der Waals surface area contributed by atoms with Crippen LogP contribution in [0.5, 0.6) is 5.75 Å². The fraction of sp³-hybridized carbons (Fsp3) is 0.0714. The number of rotatable bonds is 6. The highest BCUT2D eigenvalue weighted by molar-refractivity contribution is 6.36. The van der Waals surface area contributed by atoms with E-state index in [-0.39, 0.29) is 17.1 Å². The lowest BCUT2D eigenvalue weighted by atomic mass is 10.1. The van der Waals surface area contributed by atoms with Gasteiger partial charge in [-0.1, -0.05) is 11.6 Å². The van der Waals surface area contributed by atoms with Crippen molar-refractivity contribution in [3.63, 3.8) is 0 Å². The molecular weight excluding hydrogens is 388 g/mol. The maximum Gasteiger partial charge on any atom is 0.295 e. The molecule has 13 heteroatoms. The van der Waals surface area contributed by atoms with E-state index in [0.717, 1.165) is 18.2 Å². The van der Waals surface area contributed by atoms with E-state index in [4.69, 9.17) is 16.3 Å². The number of nitro groups is 3. The number of nitro benzene ring substituents is 3. The lowest BCUT2D eigenvalue weighted by Crippen LogP contribution is -2.14. The second kappa shape index (κ2) is 7.61. The highest BCUT2D eigenvalue weighted by Gasteiger charge is 2.27. The Balaban J connectivity index is 2.48. The molecule has 0 spiro atoms. The Kier molecular flexibility index (Phi) is 5.51. The van der Waals surface area contributed by atoms with Crippen LogP contribution in [0, 0.1) is 30.3 Å². The Morgan fingerprint density at radius 3 is 2.15 bits per heavy atom. The van der Waals surface area contributed by atoms with E-state index >= 15 is 0 Å². The molecule has 140 valence electrons. The van der Waals surface area contributed by atoms with Crippen LogP contribution in [0.4, 0.5) is 22.7 Å². The number of amides is 1. The first-order chi connectivity index (χ1) is 12.6. The first-order valence-corrected chi connectivity index (χ1v) is 7.29. The van der Waals surface area contributed by atoms with E-state index < -0.39 is 42.6 Å². The molecule has 0 fully saturated rings.